The van der Waals surface area contributed by atoms with Gasteiger partial charge >= 0.3 is 0 Å². The minimum absolute atomic E-state index is 0.195. The summed E-state index contributed by atoms with van der Waals surface area (Å²) in [7, 11) is 0. The Morgan fingerprint density at radius 3 is 2.21 bits per heavy atom. The molecule has 0 bridgehead atoms. The molecular weight excluding hydrogens is 172 g/mol. The molecule has 0 aromatic heterocycles. The van der Waals surface area contributed by atoms with Gasteiger partial charge in [-0.25, -0.2) is 0 Å². The minimum Gasteiger partial charge on any atom is -0.254 e. The zero-order chi connectivity index (χ0) is 10.0. The summed E-state index contributed by atoms with van der Waals surface area (Å²) in [5.41, 5.74) is -0.195. The first-order valence-electron chi connectivity index (χ1n) is 5.28. The molecule has 0 unspecified atom stereocenters. The summed E-state index contributed by atoms with van der Waals surface area (Å²) in [5.74, 6) is 0. The number of fused-ring (bicyclic) bond motifs is 1. The molecule has 1 aromatic carbocycles. The largest absolute Gasteiger partial charge is 0.254 e. The van der Waals surface area contributed by atoms with Crippen LogP contribution in [0, 0.1) is 0 Å². The molecule has 14 heavy (non-hydrogen) atoms. The molecule has 0 saturated carbocycles. The Hall–Kier alpha value is -1.18. The highest BCUT2D eigenvalue weighted by Gasteiger charge is 2.23. The maximum absolute atomic E-state index is 4.65. The Bertz CT molecular complexity index is 399. The Morgan fingerprint density at radius 1 is 1.14 bits per heavy atom. The molecule has 0 N–H and O–H groups in total. The van der Waals surface area contributed by atoms with Gasteiger partial charge in [0, 0.05) is 0 Å². The zero-order valence-electron chi connectivity index (χ0n) is 8.83. The van der Waals surface area contributed by atoms with E-state index in [-0.39, 0.29) is 5.66 Å². The molecule has 2 heteroatoms. The third kappa shape index (κ3) is 1.69. The average molecular weight is 188 g/mol. The fraction of sp³-hybridized carbons (Fsp3) is 0.500. The highest BCUT2D eigenvalue weighted by Crippen LogP contribution is 2.20. The molecule has 0 saturated heterocycles. The van der Waals surface area contributed by atoms with Gasteiger partial charge in [0.25, 0.3) is 0 Å². The second kappa shape index (κ2) is 3.52. The minimum atomic E-state index is -0.195. The molecule has 1 heterocycles. The third-order valence-electron chi connectivity index (χ3n) is 2.61. The van der Waals surface area contributed by atoms with Gasteiger partial charge in [0.2, 0.25) is 0 Å². The Balaban J connectivity index is 2.33. The maximum Gasteiger partial charge on any atom is 0.148 e. The lowest BCUT2D eigenvalue weighted by molar-refractivity contribution is 0.435. The van der Waals surface area contributed by atoms with Gasteiger partial charge < -0.3 is 0 Å². The smallest absolute Gasteiger partial charge is 0.148 e. The molecule has 1 aliphatic rings. The number of hydrogen-bond donors (Lipinski definition) is 0. The number of rotatable bonds is 3. The Morgan fingerprint density at radius 2 is 1.71 bits per heavy atom. The molecule has 1 aliphatic heterocycles. The van der Waals surface area contributed by atoms with Crippen molar-refractivity contribution in [2.24, 2.45) is 9.98 Å². The molecule has 2 nitrogen and oxygen atoms in total. The van der Waals surface area contributed by atoms with Gasteiger partial charge in [-0.05, 0) is 31.9 Å². The molecule has 0 fully saturated rings. The van der Waals surface area contributed by atoms with E-state index in [0.717, 1.165) is 17.1 Å². The van der Waals surface area contributed by atoms with E-state index >= 15 is 0 Å². The van der Waals surface area contributed by atoms with Gasteiger partial charge in [0.15, 0.2) is 0 Å². The molecule has 0 aliphatic carbocycles. The van der Waals surface area contributed by atoms with Crippen molar-refractivity contribution in [3.8, 4) is 0 Å². The fourth-order valence-electron chi connectivity index (χ4n) is 1.82. The van der Waals surface area contributed by atoms with E-state index in [2.05, 4.69) is 23.8 Å². The Kier molecular flexibility index (Phi) is 2.36. The topological polar surface area (TPSA) is 24.7 Å². The van der Waals surface area contributed by atoms with Crippen molar-refractivity contribution in [1.82, 2.24) is 0 Å². The number of nitrogens with zero attached hydrogens (tertiary/aromatic N) is 2. The van der Waals surface area contributed by atoms with Gasteiger partial charge in [0.05, 0.1) is 10.7 Å². The maximum atomic E-state index is 4.65. The van der Waals surface area contributed by atoms with Crippen molar-refractivity contribution in [2.75, 3.05) is 0 Å². The van der Waals surface area contributed by atoms with Gasteiger partial charge in [-0.2, -0.15) is 0 Å². The van der Waals surface area contributed by atoms with Crippen molar-refractivity contribution in [3.05, 3.63) is 35.0 Å². The first-order chi connectivity index (χ1) is 6.73. The summed E-state index contributed by atoms with van der Waals surface area (Å²) < 4.78 is 0. The van der Waals surface area contributed by atoms with Crippen molar-refractivity contribution >= 4 is 0 Å². The number of para-hydroxylation sites is 2. The summed E-state index contributed by atoms with van der Waals surface area (Å²) in [6, 6.07) is 8.11. The predicted octanol–water partition coefficient (Wildman–Crippen LogP) is 1.85. The van der Waals surface area contributed by atoms with Gasteiger partial charge in [-0.3, -0.25) is 9.98 Å². The summed E-state index contributed by atoms with van der Waals surface area (Å²) >= 11 is 0. The van der Waals surface area contributed by atoms with Crippen molar-refractivity contribution in [2.45, 2.75) is 38.8 Å². The lowest BCUT2D eigenvalue weighted by Gasteiger charge is -2.16. The molecule has 0 spiro atoms. The summed E-state index contributed by atoms with van der Waals surface area (Å²) in [4.78, 5) is 9.31. The molecular formula is C12H16N2. The summed E-state index contributed by atoms with van der Waals surface area (Å²) in [6.07, 6.45) is 3.45. The van der Waals surface area contributed by atoms with E-state index in [1.54, 1.807) is 0 Å². The monoisotopic (exact) mass is 188 g/mol. The highest BCUT2D eigenvalue weighted by atomic mass is 15.1. The van der Waals surface area contributed by atoms with Crippen molar-refractivity contribution in [3.63, 3.8) is 0 Å². The van der Waals surface area contributed by atoms with Crippen LogP contribution in [-0.2, 0) is 0 Å². The average Bonchev–Trinajstić information content (AvgIpc) is 2.51. The summed E-state index contributed by atoms with van der Waals surface area (Å²) in [5, 5.41) is 2.09. The highest BCUT2D eigenvalue weighted by molar-refractivity contribution is 5.06. The van der Waals surface area contributed by atoms with Crippen LogP contribution in [0.2, 0.25) is 0 Å². The van der Waals surface area contributed by atoms with E-state index in [1.807, 2.05) is 24.3 Å². The second-order valence-electron chi connectivity index (χ2n) is 4.03. The zero-order valence-corrected chi connectivity index (χ0v) is 8.83. The molecule has 74 valence electrons. The van der Waals surface area contributed by atoms with Crippen LogP contribution in [0.15, 0.2) is 34.3 Å². The van der Waals surface area contributed by atoms with Crippen LogP contribution in [-0.4, -0.2) is 5.66 Å². The van der Waals surface area contributed by atoms with Crippen LogP contribution in [0.4, 0.5) is 0 Å². The lowest BCUT2D eigenvalue weighted by atomic mass is 10.1. The van der Waals surface area contributed by atoms with Crippen LogP contribution >= 0.6 is 0 Å². The summed E-state index contributed by atoms with van der Waals surface area (Å²) in [6.45, 7) is 4.31. The molecule has 2 rings (SSSR count). The normalized spacial score (nSPS) is 17.0. The lowest BCUT2D eigenvalue weighted by Crippen LogP contribution is -2.19. The van der Waals surface area contributed by atoms with Gasteiger partial charge in [-0.15, -0.1) is 0 Å². The molecule has 0 amide bonds. The van der Waals surface area contributed by atoms with Crippen LogP contribution in [0.3, 0.4) is 0 Å². The third-order valence-corrected chi connectivity index (χ3v) is 2.61. The van der Waals surface area contributed by atoms with Gasteiger partial charge in [-0.1, -0.05) is 25.5 Å². The first kappa shape index (κ1) is 9.38. The SMILES string of the molecule is CCCCC1(C)N=c2ccccc2=N1. The number of hydrogen-bond acceptors (Lipinski definition) is 2. The molecule has 0 atom stereocenters. The van der Waals surface area contributed by atoms with Crippen molar-refractivity contribution in [1.29, 1.82) is 0 Å². The fourth-order valence-corrected chi connectivity index (χ4v) is 1.82. The molecule has 0 radical (unpaired) electrons. The molecule has 1 aromatic rings. The van der Waals surface area contributed by atoms with Crippen LogP contribution in [0.25, 0.3) is 0 Å². The van der Waals surface area contributed by atoms with Crippen molar-refractivity contribution < 1.29 is 0 Å². The van der Waals surface area contributed by atoms with Crippen LogP contribution < -0.4 is 10.7 Å². The Labute approximate surface area is 84.4 Å². The van der Waals surface area contributed by atoms with Crippen LogP contribution in [0.1, 0.15) is 33.1 Å². The number of benzene rings is 1. The van der Waals surface area contributed by atoms with E-state index in [1.165, 1.54) is 12.8 Å². The first-order valence-corrected chi connectivity index (χ1v) is 5.28. The van der Waals surface area contributed by atoms with Gasteiger partial charge in [0.1, 0.15) is 5.66 Å². The predicted molar refractivity (Wildman–Crippen MR) is 56.7 cm³/mol. The standard InChI is InChI=1S/C12H16N2/c1-3-4-9-12(2)13-10-7-5-6-8-11(10)14-12/h5-8H,3-4,9H2,1-2H3. The van der Waals surface area contributed by atoms with E-state index < -0.39 is 0 Å². The van der Waals surface area contributed by atoms with E-state index in [4.69, 9.17) is 0 Å². The van der Waals surface area contributed by atoms with Crippen LogP contribution in [0.5, 0.6) is 0 Å². The quantitative estimate of drug-likeness (QED) is 0.691. The van der Waals surface area contributed by atoms with E-state index in [9.17, 15) is 0 Å². The second-order valence-corrected chi connectivity index (χ2v) is 4.03. The van der Waals surface area contributed by atoms with E-state index in [0.29, 0.717) is 0 Å². The number of unbranched alkanes of at least 4 members (excludes halogenated alkanes) is 1.